The first kappa shape index (κ1) is 19.5. The molecule has 1 aliphatic carbocycles. The molecule has 2 aromatic carbocycles. The quantitative estimate of drug-likeness (QED) is 0.710. The maximum Gasteiger partial charge on any atom is 0.222 e. The van der Waals surface area contributed by atoms with Crippen LogP contribution in [0.2, 0.25) is 0 Å². The number of fused-ring (bicyclic) bond motifs is 5. The molecule has 2 saturated heterocycles. The van der Waals surface area contributed by atoms with Crippen molar-refractivity contribution >= 4 is 18.3 Å². The zero-order valence-corrected chi connectivity index (χ0v) is 17.1. The molecule has 0 spiro atoms. The summed E-state index contributed by atoms with van der Waals surface area (Å²) in [5, 5.41) is 3.66. The molecule has 2 fully saturated rings. The van der Waals surface area contributed by atoms with E-state index in [1.807, 2.05) is 0 Å². The molecule has 0 radical (unpaired) electrons. The summed E-state index contributed by atoms with van der Waals surface area (Å²) < 4.78 is 0. The SMILES string of the molecule is Cl.O=C(CCCc1ccc2c(c1)-c1ccccc1C2)N1CCC2CCC(C1)N2. The minimum Gasteiger partial charge on any atom is -0.341 e. The van der Waals surface area contributed by atoms with Gasteiger partial charge in [0, 0.05) is 31.6 Å². The van der Waals surface area contributed by atoms with Crippen LogP contribution in [0.1, 0.15) is 48.8 Å². The van der Waals surface area contributed by atoms with Crippen LogP contribution >= 0.6 is 12.4 Å². The average Bonchev–Trinajstić information content (AvgIpc) is 3.21. The topological polar surface area (TPSA) is 32.3 Å². The van der Waals surface area contributed by atoms with Crippen LogP contribution in [-0.2, 0) is 17.6 Å². The van der Waals surface area contributed by atoms with Gasteiger partial charge in [0.25, 0.3) is 0 Å². The van der Waals surface area contributed by atoms with Crippen molar-refractivity contribution in [2.24, 2.45) is 0 Å². The van der Waals surface area contributed by atoms with Gasteiger partial charge in [-0.1, -0.05) is 42.5 Å². The minimum atomic E-state index is 0. The number of carbonyl (C=O) groups excluding carboxylic acids is 1. The molecule has 1 amide bonds. The minimum absolute atomic E-state index is 0. The molecule has 2 atom stereocenters. The molecule has 0 saturated carbocycles. The van der Waals surface area contributed by atoms with Gasteiger partial charge in [0.1, 0.15) is 0 Å². The average molecular weight is 397 g/mol. The Morgan fingerprint density at radius 2 is 1.82 bits per heavy atom. The van der Waals surface area contributed by atoms with Gasteiger partial charge in [0.15, 0.2) is 0 Å². The second kappa shape index (κ2) is 8.26. The van der Waals surface area contributed by atoms with Crippen LogP contribution in [0.25, 0.3) is 11.1 Å². The lowest BCUT2D eigenvalue weighted by atomic mass is 10.00. The van der Waals surface area contributed by atoms with E-state index in [4.69, 9.17) is 0 Å². The summed E-state index contributed by atoms with van der Waals surface area (Å²) in [5.74, 6) is 0.343. The first-order valence-electron chi connectivity index (χ1n) is 10.5. The molecular formula is C24H29ClN2O. The highest BCUT2D eigenvalue weighted by atomic mass is 35.5. The fourth-order valence-corrected chi connectivity index (χ4v) is 5.10. The Balaban J connectivity index is 0.00000192. The van der Waals surface area contributed by atoms with E-state index in [2.05, 4.69) is 52.7 Å². The Kier molecular flexibility index (Phi) is 5.75. The number of hydrogen-bond acceptors (Lipinski definition) is 2. The standard InChI is InChI=1S/C24H28N2O.ClH/c27-24(26-13-12-20-10-11-21(16-26)25-20)7-3-4-17-8-9-19-15-18-5-1-2-6-22(18)23(19)14-17;/h1-2,5-6,8-9,14,20-21,25H,3-4,7,10-13,15-16H2;1H. The smallest absolute Gasteiger partial charge is 0.222 e. The second-order valence-electron chi connectivity index (χ2n) is 8.45. The van der Waals surface area contributed by atoms with Gasteiger partial charge >= 0.3 is 0 Å². The first-order chi connectivity index (χ1) is 13.3. The predicted molar refractivity (Wildman–Crippen MR) is 116 cm³/mol. The Bertz CT molecular complexity index is 865. The van der Waals surface area contributed by atoms with E-state index in [0.717, 1.165) is 38.8 Å². The van der Waals surface area contributed by atoms with Crippen LogP contribution in [0.4, 0.5) is 0 Å². The largest absolute Gasteiger partial charge is 0.341 e. The van der Waals surface area contributed by atoms with E-state index in [1.54, 1.807) is 0 Å². The molecule has 28 heavy (non-hydrogen) atoms. The molecule has 2 aromatic rings. The van der Waals surface area contributed by atoms with Gasteiger partial charge in [0.05, 0.1) is 0 Å². The summed E-state index contributed by atoms with van der Waals surface area (Å²) in [6.07, 6.45) is 7.28. The summed E-state index contributed by atoms with van der Waals surface area (Å²) in [4.78, 5) is 14.8. The van der Waals surface area contributed by atoms with Crippen molar-refractivity contribution in [2.45, 2.75) is 57.0 Å². The predicted octanol–water partition coefficient (Wildman–Crippen LogP) is 4.36. The highest BCUT2D eigenvalue weighted by Gasteiger charge is 2.30. The summed E-state index contributed by atoms with van der Waals surface area (Å²) in [6, 6.07) is 16.8. The number of aryl methyl sites for hydroxylation is 1. The van der Waals surface area contributed by atoms with E-state index < -0.39 is 0 Å². The number of halogens is 1. The molecule has 2 unspecified atom stereocenters. The third kappa shape index (κ3) is 3.83. The van der Waals surface area contributed by atoms with Crippen LogP contribution in [-0.4, -0.2) is 36.0 Å². The van der Waals surface area contributed by atoms with E-state index in [9.17, 15) is 4.79 Å². The third-order valence-electron chi connectivity index (χ3n) is 6.59. The molecule has 3 aliphatic rings. The van der Waals surface area contributed by atoms with E-state index in [1.165, 1.54) is 40.7 Å². The Labute approximate surface area is 173 Å². The lowest BCUT2D eigenvalue weighted by molar-refractivity contribution is -0.131. The molecule has 2 heterocycles. The molecule has 5 rings (SSSR count). The number of nitrogens with one attached hydrogen (secondary N) is 1. The van der Waals surface area contributed by atoms with Crippen LogP contribution in [0.3, 0.4) is 0 Å². The molecule has 3 nitrogen and oxygen atoms in total. The highest BCUT2D eigenvalue weighted by molar-refractivity contribution is 5.85. The van der Waals surface area contributed by atoms with Crippen molar-refractivity contribution in [1.82, 2.24) is 10.2 Å². The van der Waals surface area contributed by atoms with Crippen LogP contribution in [0, 0.1) is 0 Å². The first-order valence-corrected chi connectivity index (χ1v) is 10.5. The van der Waals surface area contributed by atoms with E-state index in [-0.39, 0.29) is 12.4 Å². The van der Waals surface area contributed by atoms with Crippen molar-refractivity contribution < 1.29 is 4.79 Å². The molecule has 2 bridgehead atoms. The fourth-order valence-electron chi connectivity index (χ4n) is 5.10. The summed E-state index contributed by atoms with van der Waals surface area (Å²) in [7, 11) is 0. The highest BCUT2D eigenvalue weighted by Crippen LogP contribution is 2.37. The summed E-state index contributed by atoms with van der Waals surface area (Å²) in [5.41, 5.74) is 7.00. The van der Waals surface area contributed by atoms with E-state index in [0.29, 0.717) is 24.4 Å². The Morgan fingerprint density at radius 3 is 2.75 bits per heavy atom. The lowest BCUT2D eigenvalue weighted by Gasteiger charge is -2.24. The van der Waals surface area contributed by atoms with Crippen molar-refractivity contribution in [1.29, 1.82) is 0 Å². The Morgan fingerprint density at radius 1 is 1.00 bits per heavy atom. The number of amides is 1. The summed E-state index contributed by atoms with van der Waals surface area (Å²) >= 11 is 0. The van der Waals surface area contributed by atoms with Crippen LogP contribution in [0.5, 0.6) is 0 Å². The Hall–Kier alpha value is -1.84. The number of hydrogen-bond donors (Lipinski definition) is 1. The third-order valence-corrected chi connectivity index (χ3v) is 6.59. The normalized spacial score (nSPS) is 22.2. The van der Waals surface area contributed by atoms with Crippen LogP contribution in [0.15, 0.2) is 42.5 Å². The number of carbonyl (C=O) groups is 1. The molecular weight excluding hydrogens is 368 g/mol. The molecule has 0 aromatic heterocycles. The maximum atomic E-state index is 12.7. The van der Waals surface area contributed by atoms with Crippen molar-refractivity contribution in [3.05, 3.63) is 59.2 Å². The van der Waals surface area contributed by atoms with Gasteiger partial charge in [0.2, 0.25) is 5.91 Å². The van der Waals surface area contributed by atoms with Crippen molar-refractivity contribution in [2.75, 3.05) is 13.1 Å². The molecule has 4 heteroatoms. The monoisotopic (exact) mass is 396 g/mol. The number of benzene rings is 2. The lowest BCUT2D eigenvalue weighted by Crippen LogP contribution is -2.38. The molecule has 2 aliphatic heterocycles. The zero-order valence-electron chi connectivity index (χ0n) is 16.3. The number of rotatable bonds is 4. The van der Waals surface area contributed by atoms with Gasteiger partial charge in [-0.15, -0.1) is 12.4 Å². The van der Waals surface area contributed by atoms with Gasteiger partial charge in [-0.25, -0.2) is 0 Å². The number of nitrogens with zero attached hydrogens (tertiary/aromatic N) is 1. The van der Waals surface area contributed by atoms with Gasteiger partial charge in [-0.2, -0.15) is 0 Å². The molecule has 1 N–H and O–H groups in total. The summed E-state index contributed by atoms with van der Waals surface area (Å²) in [6.45, 7) is 1.84. The maximum absolute atomic E-state index is 12.7. The number of likely N-dealkylation sites (tertiary alicyclic amines) is 1. The van der Waals surface area contributed by atoms with Gasteiger partial charge in [-0.3, -0.25) is 4.79 Å². The van der Waals surface area contributed by atoms with Crippen molar-refractivity contribution in [3.63, 3.8) is 0 Å². The second-order valence-corrected chi connectivity index (χ2v) is 8.45. The fraction of sp³-hybridized carbons (Fsp3) is 0.458. The van der Waals surface area contributed by atoms with Gasteiger partial charge in [-0.05, 0) is 66.3 Å². The zero-order chi connectivity index (χ0) is 18.2. The van der Waals surface area contributed by atoms with Crippen LogP contribution < -0.4 is 5.32 Å². The van der Waals surface area contributed by atoms with Crippen molar-refractivity contribution in [3.8, 4) is 11.1 Å². The van der Waals surface area contributed by atoms with Gasteiger partial charge < -0.3 is 10.2 Å². The molecule has 148 valence electrons. The van der Waals surface area contributed by atoms with E-state index >= 15 is 0 Å².